The van der Waals surface area contributed by atoms with Crippen LogP contribution in [0.2, 0.25) is 0 Å². The third-order valence-electron chi connectivity index (χ3n) is 7.79. The Morgan fingerprint density at radius 1 is 1.08 bits per heavy atom. The van der Waals surface area contributed by atoms with Crippen LogP contribution in [0.25, 0.3) is 33.7 Å². The number of nitrogens with zero attached hydrogens (tertiary/aromatic N) is 7. The Kier molecular flexibility index (Phi) is 4.61. The molecule has 1 fully saturated rings. The first-order valence-electron chi connectivity index (χ1n) is 12.3. The molecule has 0 radical (unpaired) electrons. The molecule has 1 spiro atoms. The SMILES string of the molecule is Cn1cc(-c2ccc3c(c2)C(C)(O)OC32CCC(n3c(-c4nonc4N)nc4cnccc43)CC2)cn1. The summed E-state index contributed by atoms with van der Waals surface area (Å²) in [6.07, 6.45) is 10.4. The van der Waals surface area contributed by atoms with Crippen molar-refractivity contribution in [2.45, 2.75) is 50.0 Å². The Hall–Kier alpha value is -4.09. The molecule has 5 aromatic rings. The Morgan fingerprint density at radius 3 is 2.65 bits per heavy atom. The van der Waals surface area contributed by atoms with E-state index in [0.29, 0.717) is 11.5 Å². The number of aryl methyl sites for hydroxylation is 1. The normalized spacial score (nSPS) is 25.2. The van der Waals surface area contributed by atoms with Crippen molar-refractivity contribution in [1.82, 2.24) is 34.6 Å². The molecule has 1 aromatic carbocycles. The molecule has 1 aliphatic heterocycles. The fraction of sp³-hybridized carbons (Fsp3) is 0.346. The molecule has 1 aliphatic carbocycles. The van der Waals surface area contributed by atoms with E-state index in [-0.39, 0.29) is 11.9 Å². The van der Waals surface area contributed by atoms with Gasteiger partial charge >= 0.3 is 0 Å². The van der Waals surface area contributed by atoms with E-state index >= 15 is 0 Å². The number of aliphatic hydroxyl groups is 1. The summed E-state index contributed by atoms with van der Waals surface area (Å²) in [6.45, 7) is 1.73. The number of fused-ring (bicyclic) bond motifs is 3. The molecule has 1 unspecified atom stereocenters. The molecule has 37 heavy (non-hydrogen) atoms. The number of ether oxygens (including phenoxy) is 1. The molecule has 0 bridgehead atoms. The van der Waals surface area contributed by atoms with Gasteiger partial charge in [-0.15, -0.1) is 0 Å². The van der Waals surface area contributed by atoms with E-state index in [1.165, 1.54) is 0 Å². The van der Waals surface area contributed by atoms with Gasteiger partial charge in [0.05, 0.1) is 23.5 Å². The summed E-state index contributed by atoms with van der Waals surface area (Å²) in [4.78, 5) is 8.99. The van der Waals surface area contributed by atoms with Crippen LogP contribution < -0.4 is 5.73 Å². The van der Waals surface area contributed by atoms with Crippen molar-refractivity contribution in [2.75, 3.05) is 5.73 Å². The van der Waals surface area contributed by atoms with Gasteiger partial charge in [0, 0.05) is 36.6 Å². The zero-order valence-electron chi connectivity index (χ0n) is 20.5. The molecule has 11 nitrogen and oxygen atoms in total. The molecule has 0 saturated heterocycles. The smallest absolute Gasteiger partial charge is 0.199 e. The van der Waals surface area contributed by atoms with E-state index in [0.717, 1.165) is 59.0 Å². The molecule has 5 heterocycles. The quantitative estimate of drug-likeness (QED) is 0.381. The van der Waals surface area contributed by atoms with Gasteiger partial charge in [-0.1, -0.05) is 12.1 Å². The van der Waals surface area contributed by atoms with Crippen LogP contribution in [0.1, 0.15) is 49.8 Å². The number of imidazole rings is 1. The lowest BCUT2D eigenvalue weighted by molar-refractivity contribution is -0.257. The van der Waals surface area contributed by atoms with Gasteiger partial charge in [0.1, 0.15) is 5.52 Å². The second-order valence-electron chi connectivity index (χ2n) is 10.1. The van der Waals surface area contributed by atoms with Crippen molar-refractivity contribution in [3.8, 4) is 22.6 Å². The van der Waals surface area contributed by atoms with Crippen LogP contribution >= 0.6 is 0 Å². The molecule has 4 aromatic heterocycles. The van der Waals surface area contributed by atoms with Gasteiger partial charge in [-0.25, -0.2) is 9.61 Å². The summed E-state index contributed by atoms with van der Waals surface area (Å²) in [5.74, 6) is -0.561. The number of anilines is 1. The summed E-state index contributed by atoms with van der Waals surface area (Å²) in [7, 11) is 1.89. The lowest BCUT2D eigenvalue weighted by atomic mass is 9.76. The van der Waals surface area contributed by atoms with Crippen LogP contribution in [0.4, 0.5) is 5.82 Å². The minimum Gasteiger partial charge on any atom is -0.379 e. The van der Waals surface area contributed by atoms with Gasteiger partial charge in [0.2, 0.25) is 0 Å². The lowest BCUT2D eigenvalue weighted by Gasteiger charge is -2.39. The predicted octanol–water partition coefficient (Wildman–Crippen LogP) is 3.67. The number of rotatable bonds is 3. The minimum absolute atomic E-state index is 0.122. The summed E-state index contributed by atoms with van der Waals surface area (Å²) in [5, 5.41) is 23.4. The summed E-state index contributed by atoms with van der Waals surface area (Å²) in [6, 6.07) is 8.29. The van der Waals surface area contributed by atoms with Gasteiger partial charge < -0.3 is 20.1 Å². The molecule has 0 amide bonds. The lowest BCUT2D eigenvalue weighted by Crippen LogP contribution is -2.35. The molecule has 7 rings (SSSR count). The van der Waals surface area contributed by atoms with Crippen LogP contribution in [-0.2, 0) is 23.2 Å². The first kappa shape index (κ1) is 22.1. The topological polar surface area (TPSA) is 143 Å². The Bertz CT molecular complexity index is 1640. The molecule has 3 N–H and O–H groups in total. The van der Waals surface area contributed by atoms with Crippen molar-refractivity contribution in [2.24, 2.45) is 7.05 Å². The highest BCUT2D eigenvalue weighted by Crippen LogP contribution is 2.55. The maximum Gasteiger partial charge on any atom is 0.199 e. The molecule has 188 valence electrons. The average molecular weight is 499 g/mol. The van der Waals surface area contributed by atoms with Crippen molar-refractivity contribution < 1.29 is 14.5 Å². The van der Waals surface area contributed by atoms with E-state index in [4.69, 9.17) is 20.1 Å². The Labute approximate surface area is 211 Å². The van der Waals surface area contributed by atoms with Crippen molar-refractivity contribution in [3.05, 3.63) is 60.2 Å². The molecular formula is C26H26N8O3. The Balaban J connectivity index is 1.24. The summed E-state index contributed by atoms with van der Waals surface area (Å²) < 4.78 is 15.3. The second-order valence-corrected chi connectivity index (χ2v) is 10.1. The summed E-state index contributed by atoms with van der Waals surface area (Å²) in [5.41, 5.74) is 11.5. The highest BCUT2D eigenvalue weighted by Gasteiger charge is 2.52. The van der Waals surface area contributed by atoms with Crippen LogP contribution in [0, 0.1) is 0 Å². The zero-order valence-corrected chi connectivity index (χ0v) is 20.5. The van der Waals surface area contributed by atoms with E-state index in [1.807, 2.05) is 31.6 Å². The van der Waals surface area contributed by atoms with Crippen molar-refractivity contribution in [3.63, 3.8) is 0 Å². The molecule has 1 atom stereocenters. The highest BCUT2D eigenvalue weighted by molar-refractivity contribution is 5.81. The summed E-state index contributed by atoms with van der Waals surface area (Å²) >= 11 is 0. The van der Waals surface area contributed by atoms with Gasteiger partial charge in [-0.3, -0.25) is 9.67 Å². The maximum absolute atomic E-state index is 11.3. The molecule has 2 aliphatic rings. The van der Waals surface area contributed by atoms with Gasteiger partial charge in [0.15, 0.2) is 23.1 Å². The number of pyridine rings is 1. The van der Waals surface area contributed by atoms with E-state index in [1.54, 1.807) is 24.0 Å². The third-order valence-corrected chi connectivity index (χ3v) is 7.79. The number of benzene rings is 1. The van der Waals surface area contributed by atoms with Crippen LogP contribution in [0.15, 0.2) is 53.7 Å². The van der Waals surface area contributed by atoms with Crippen LogP contribution in [0.5, 0.6) is 0 Å². The minimum atomic E-state index is -1.38. The fourth-order valence-electron chi connectivity index (χ4n) is 6.10. The number of nitrogens with two attached hydrogens (primary N) is 1. The molecule has 1 saturated carbocycles. The maximum atomic E-state index is 11.3. The standard InChI is InChI=1S/C26H26N8O3/c1-25(35)19-11-15(16-12-29-33(2)14-16)3-4-18(19)26(36-25)8-5-17(6-9-26)34-21-7-10-28-13-20(21)30-24(34)22-23(27)32-37-31-22/h3-4,7,10-14,17,35H,5-6,8-9H2,1-2H3,(H2,27,32). The average Bonchev–Trinajstić information content (AvgIpc) is 3.65. The van der Waals surface area contributed by atoms with Crippen LogP contribution in [-0.4, -0.2) is 39.7 Å². The van der Waals surface area contributed by atoms with Gasteiger partial charge in [-0.05, 0) is 66.2 Å². The number of hydrogen-bond acceptors (Lipinski definition) is 9. The molecular weight excluding hydrogens is 472 g/mol. The van der Waals surface area contributed by atoms with E-state index < -0.39 is 11.4 Å². The number of aromatic nitrogens is 7. The Morgan fingerprint density at radius 2 is 1.92 bits per heavy atom. The monoisotopic (exact) mass is 498 g/mol. The first-order chi connectivity index (χ1) is 17.8. The number of hydrogen-bond donors (Lipinski definition) is 2. The van der Waals surface area contributed by atoms with Crippen LogP contribution in [0.3, 0.4) is 0 Å². The largest absolute Gasteiger partial charge is 0.379 e. The van der Waals surface area contributed by atoms with Crippen molar-refractivity contribution in [1.29, 1.82) is 0 Å². The van der Waals surface area contributed by atoms with E-state index in [2.05, 4.69) is 37.1 Å². The highest BCUT2D eigenvalue weighted by atomic mass is 16.6. The third kappa shape index (κ3) is 3.31. The predicted molar refractivity (Wildman–Crippen MR) is 134 cm³/mol. The molecule has 11 heteroatoms. The first-order valence-corrected chi connectivity index (χ1v) is 12.3. The second kappa shape index (κ2) is 7.70. The zero-order chi connectivity index (χ0) is 25.4. The van der Waals surface area contributed by atoms with Crippen molar-refractivity contribution >= 4 is 16.9 Å². The van der Waals surface area contributed by atoms with E-state index in [9.17, 15) is 5.11 Å². The van der Waals surface area contributed by atoms with Gasteiger partial charge in [-0.2, -0.15) is 5.10 Å². The van der Waals surface area contributed by atoms with Gasteiger partial charge in [0.25, 0.3) is 0 Å². The number of nitrogen functional groups attached to an aromatic ring is 1. The fourth-order valence-corrected chi connectivity index (χ4v) is 6.10.